The average Bonchev–Trinajstić information content (AvgIpc) is 2.88. The van der Waals surface area contributed by atoms with Gasteiger partial charge in [-0.05, 0) is 17.7 Å². The van der Waals surface area contributed by atoms with Gasteiger partial charge in [0.05, 0.1) is 5.71 Å². The van der Waals surface area contributed by atoms with Crippen LogP contribution in [0.5, 0.6) is 0 Å². The highest BCUT2D eigenvalue weighted by atomic mass is 35.5. The van der Waals surface area contributed by atoms with Gasteiger partial charge < -0.3 is 4.84 Å². The first-order chi connectivity index (χ1) is 9.31. The maximum absolute atomic E-state index is 5.99. The van der Waals surface area contributed by atoms with E-state index in [2.05, 4.69) is 17.3 Å². The fraction of sp³-hybridized carbons (Fsp3) is 0.188. The monoisotopic (exact) mass is 271 g/mol. The molecule has 0 bridgehead atoms. The molecule has 1 atom stereocenters. The lowest BCUT2D eigenvalue weighted by Crippen LogP contribution is -2.11. The van der Waals surface area contributed by atoms with Gasteiger partial charge in [-0.2, -0.15) is 0 Å². The molecule has 3 rings (SSSR count). The fourth-order valence-corrected chi connectivity index (χ4v) is 2.44. The maximum atomic E-state index is 5.99. The van der Waals surface area contributed by atoms with Crippen molar-refractivity contribution in [3.8, 4) is 0 Å². The van der Waals surface area contributed by atoms with Crippen molar-refractivity contribution in [2.45, 2.75) is 18.9 Å². The fourth-order valence-electron chi connectivity index (χ4n) is 2.25. The van der Waals surface area contributed by atoms with Crippen LogP contribution in [0, 0.1) is 0 Å². The molecular formula is C16H14ClNO. The summed E-state index contributed by atoms with van der Waals surface area (Å²) in [6.45, 7) is 0. The van der Waals surface area contributed by atoms with Crippen LogP contribution in [0.2, 0.25) is 5.02 Å². The second-order valence-corrected chi connectivity index (χ2v) is 5.11. The lowest BCUT2D eigenvalue weighted by molar-refractivity contribution is 0.0859. The summed E-state index contributed by atoms with van der Waals surface area (Å²) in [5.41, 5.74) is 3.29. The Kier molecular flexibility index (Phi) is 3.51. The topological polar surface area (TPSA) is 21.6 Å². The van der Waals surface area contributed by atoms with E-state index in [1.165, 1.54) is 5.56 Å². The molecule has 0 fully saturated rings. The summed E-state index contributed by atoms with van der Waals surface area (Å²) in [7, 11) is 0. The minimum absolute atomic E-state index is 0.122. The molecule has 0 amide bonds. The molecule has 0 radical (unpaired) electrons. The second kappa shape index (κ2) is 5.45. The van der Waals surface area contributed by atoms with Crippen molar-refractivity contribution in [3.05, 3.63) is 70.7 Å². The molecule has 19 heavy (non-hydrogen) atoms. The van der Waals surface area contributed by atoms with Crippen molar-refractivity contribution < 1.29 is 4.84 Å². The van der Waals surface area contributed by atoms with Crippen LogP contribution < -0.4 is 0 Å². The third kappa shape index (κ3) is 2.96. The van der Waals surface area contributed by atoms with Crippen LogP contribution in [-0.2, 0) is 11.3 Å². The zero-order chi connectivity index (χ0) is 13.1. The minimum Gasteiger partial charge on any atom is -0.391 e. The molecule has 0 saturated heterocycles. The molecular weight excluding hydrogens is 258 g/mol. The number of hydrogen-bond acceptors (Lipinski definition) is 2. The first-order valence-corrected chi connectivity index (χ1v) is 6.71. The van der Waals surface area contributed by atoms with Crippen molar-refractivity contribution in [2.75, 3.05) is 0 Å². The van der Waals surface area contributed by atoms with E-state index in [9.17, 15) is 0 Å². The Balaban J connectivity index is 1.67. The van der Waals surface area contributed by atoms with Gasteiger partial charge in [-0.15, -0.1) is 0 Å². The van der Waals surface area contributed by atoms with E-state index in [0.29, 0.717) is 0 Å². The van der Waals surface area contributed by atoms with Gasteiger partial charge in [-0.3, -0.25) is 0 Å². The van der Waals surface area contributed by atoms with Gasteiger partial charge in [0.25, 0.3) is 0 Å². The number of nitrogens with zero attached hydrogens (tertiary/aromatic N) is 1. The lowest BCUT2D eigenvalue weighted by atomic mass is 10.0. The van der Waals surface area contributed by atoms with E-state index in [1.54, 1.807) is 0 Å². The third-order valence-corrected chi connectivity index (χ3v) is 3.43. The number of rotatable bonds is 3. The molecule has 1 aliphatic heterocycles. The van der Waals surface area contributed by atoms with Crippen LogP contribution in [0.1, 0.15) is 17.5 Å². The third-order valence-electron chi connectivity index (χ3n) is 3.20. The van der Waals surface area contributed by atoms with Crippen LogP contribution in [0.25, 0.3) is 0 Å². The lowest BCUT2D eigenvalue weighted by Gasteiger charge is -2.07. The minimum atomic E-state index is 0.122. The molecule has 96 valence electrons. The van der Waals surface area contributed by atoms with Crippen LogP contribution in [-0.4, -0.2) is 11.8 Å². The molecule has 2 nitrogen and oxygen atoms in total. The maximum Gasteiger partial charge on any atom is 0.137 e. The normalized spacial score (nSPS) is 17.9. The molecule has 0 saturated carbocycles. The van der Waals surface area contributed by atoms with Crippen LogP contribution in [0.3, 0.4) is 0 Å². The van der Waals surface area contributed by atoms with E-state index in [-0.39, 0.29) is 6.10 Å². The molecule has 2 aromatic rings. The van der Waals surface area contributed by atoms with Crippen molar-refractivity contribution in [1.82, 2.24) is 0 Å². The highest BCUT2D eigenvalue weighted by Gasteiger charge is 2.22. The smallest absolute Gasteiger partial charge is 0.137 e. The second-order valence-electron chi connectivity index (χ2n) is 4.67. The van der Waals surface area contributed by atoms with Gasteiger partial charge in [0, 0.05) is 23.4 Å². The molecule has 1 unspecified atom stereocenters. The Bertz CT molecular complexity index is 595. The molecule has 1 aliphatic rings. The highest BCUT2D eigenvalue weighted by molar-refractivity contribution is 6.31. The highest BCUT2D eigenvalue weighted by Crippen LogP contribution is 2.21. The Morgan fingerprint density at radius 3 is 2.74 bits per heavy atom. The molecule has 0 N–H and O–H groups in total. The first-order valence-electron chi connectivity index (χ1n) is 6.34. The van der Waals surface area contributed by atoms with Crippen molar-refractivity contribution in [3.63, 3.8) is 0 Å². The van der Waals surface area contributed by atoms with E-state index >= 15 is 0 Å². The molecule has 1 heterocycles. The van der Waals surface area contributed by atoms with E-state index in [4.69, 9.17) is 16.4 Å². The van der Waals surface area contributed by atoms with Gasteiger partial charge in [-0.1, -0.05) is 59.2 Å². The van der Waals surface area contributed by atoms with Gasteiger partial charge in [0.2, 0.25) is 0 Å². The van der Waals surface area contributed by atoms with E-state index in [1.807, 2.05) is 42.5 Å². The summed E-state index contributed by atoms with van der Waals surface area (Å²) >= 11 is 5.99. The van der Waals surface area contributed by atoms with Gasteiger partial charge >= 0.3 is 0 Å². The molecule has 0 aliphatic carbocycles. The summed E-state index contributed by atoms with van der Waals surface area (Å²) < 4.78 is 0. The quantitative estimate of drug-likeness (QED) is 0.824. The predicted octanol–water partition coefficient (Wildman–Crippen LogP) is 4.08. The Hall–Kier alpha value is -1.80. The Morgan fingerprint density at radius 2 is 1.95 bits per heavy atom. The molecule has 0 aromatic heterocycles. The predicted molar refractivity (Wildman–Crippen MR) is 77.6 cm³/mol. The Labute approximate surface area is 117 Å². The van der Waals surface area contributed by atoms with Gasteiger partial charge in [0.1, 0.15) is 6.10 Å². The largest absolute Gasteiger partial charge is 0.391 e. The number of hydrogen-bond donors (Lipinski definition) is 0. The van der Waals surface area contributed by atoms with Crippen LogP contribution >= 0.6 is 11.6 Å². The number of halogens is 1. The standard InChI is InChI=1S/C16H14ClNO/c17-14-8-4-7-13(10-14)16-11-15(19-18-16)9-12-5-2-1-3-6-12/h1-8,10,15H,9,11H2. The molecule has 2 aromatic carbocycles. The summed E-state index contributed by atoms with van der Waals surface area (Å²) in [6.07, 6.45) is 1.83. The van der Waals surface area contributed by atoms with Crippen molar-refractivity contribution in [1.29, 1.82) is 0 Å². The van der Waals surface area contributed by atoms with E-state index < -0.39 is 0 Å². The zero-order valence-corrected chi connectivity index (χ0v) is 11.2. The first kappa shape index (κ1) is 12.2. The average molecular weight is 272 g/mol. The zero-order valence-electron chi connectivity index (χ0n) is 10.4. The summed E-state index contributed by atoms with van der Waals surface area (Å²) in [5.74, 6) is 0. The summed E-state index contributed by atoms with van der Waals surface area (Å²) in [5, 5.41) is 4.91. The molecule has 0 spiro atoms. The molecule has 3 heteroatoms. The Morgan fingerprint density at radius 1 is 1.11 bits per heavy atom. The summed E-state index contributed by atoms with van der Waals surface area (Å²) in [4.78, 5) is 5.51. The number of benzene rings is 2. The number of oxime groups is 1. The van der Waals surface area contributed by atoms with Gasteiger partial charge in [-0.25, -0.2) is 0 Å². The van der Waals surface area contributed by atoms with Crippen molar-refractivity contribution in [2.24, 2.45) is 5.16 Å². The SMILES string of the molecule is Clc1cccc(C2=NOC(Cc3ccccc3)C2)c1. The summed E-state index contributed by atoms with van der Waals surface area (Å²) in [6, 6.07) is 18.1. The van der Waals surface area contributed by atoms with Crippen molar-refractivity contribution >= 4 is 17.3 Å². The van der Waals surface area contributed by atoms with E-state index in [0.717, 1.165) is 29.1 Å². The van der Waals surface area contributed by atoms with Gasteiger partial charge in [0.15, 0.2) is 0 Å². The van der Waals surface area contributed by atoms with Crippen LogP contribution in [0.15, 0.2) is 59.8 Å². The van der Waals surface area contributed by atoms with Crippen LogP contribution in [0.4, 0.5) is 0 Å².